The van der Waals surface area contributed by atoms with Gasteiger partial charge in [0.1, 0.15) is 17.4 Å². The Morgan fingerprint density at radius 1 is 1.19 bits per heavy atom. The fraction of sp³-hybridized carbons (Fsp3) is 0.318. The van der Waals surface area contributed by atoms with Gasteiger partial charge in [-0.2, -0.15) is 5.26 Å². The SMILES string of the molecule is CC(C)c1cc(C(=O)OCC(=O)Nc2ccc([N+](=O)[O-])cc2C#N)c(O)c(C(C)C)c1. The van der Waals surface area contributed by atoms with Crippen LogP contribution in [0.4, 0.5) is 11.4 Å². The molecule has 162 valence electrons. The number of hydrogen-bond donors (Lipinski definition) is 2. The van der Waals surface area contributed by atoms with Crippen molar-refractivity contribution in [1.29, 1.82) is 5.26 Å². The molecule has 1 amide bonds. The minimum Gasteiger partial charge on any atom is -0.507 e. The van der Waals surface area contributed by atoms with Gasteiger partial charge in [0.2, 0.25) is 0 Å². The van der Waals surface area contributed by atoms with Crippen LogP contribution in [0.15, 0.2) is 30.3 Å². The van der Waals surface area contributed by atoms with Crippen LogP contribution in [0.1, 0.15) is 66.6 Å². The Kier molecular flexibility index (Phi) is 7.32. The molecule has 2 aromatic carbocycles. The number of nitro benzene ring substituents is 1. The summed E-state index contributed by atoms with van der Waals surface area (Å²) >= 11 is 0. The van der Waals surface area contributed by atoms with E-state index in [1.165, 1.54) is 12.1 Å². The first-order chi connectivity index (χ1) is 14.5. The van der Waals surface area contributed by atoms with Crippen molar-refractivity contribution in [2.75, 3.05) is 11.9 Å². The highest BCUT2D eigenvalue weighted by Crippen LogP contribution is 2.33. The molecule has 0 unspecified atom stereocenters. The van der Waals surface area contributed by atoms with E-state index >= 15 is 0 Å². The lowest BCUT2D eigenvalue weighted by Crippen LogP contribution is -2.21. The number of nitriles is 1. The Balaban J connectivity index is 2.15. The highest BCUT2D eigenvalue weighted by molar-refractivity contribution is 5.97. The van der Waals surface area contributed by atoms with E-state index in [0.29, 0.717) is 5.56 Å². The molecule has 0 saturated carbocycles. The molecule has 0 aliphatic carbocycles. The largest absolute Gasteiger partial charge is 0.507 e. The number of esters is 1. The Morgan fingerprint density at radius 2 is 1.87 bits per heavy atom. The second-order valence-electron chi connectivity index (χ2n) is 7.54. The number of carbonyl (C=O) groups excluding carboxylic acids is 2. The number of nitrogens with one attached hydrogen (secondary N) is 1. The van der Waals surface area contributed by atoms with Gasteiger partial charge in [0.25, 0.3) is 11.6 Å². The van der Waals surface area contributed by atoms with Crippen LogP contribution in [0, 0.1) is 21.4 Å². The third-order valence-corrected chi connectivity index (χ3v) is 4.61. The zero-order valence-corrected chi connectivity index (χ0v) is 17.6. The van der Waals surface area contributed by atoms with Gasteiger partial charge in [0, 0.05) is 12.1 Å². The summed E-state index contributed by atoms with van der Waals surface area (Å²) in [6, 6.07) is 8.55. The van der Waals surface area contributed by atoms with E-state index in [0.717, 1.165) is 17.7 Å². The molecule has 0 aliphatic heterocycles. The Hall–Kier alpha value is -3.93. The number of ether oxygens (including phenoxy) is 1. The number of aromatic hydroxyl groups is 1. The van der Waals surface area contributed by atoms with Crippen LogP contribution in [-0.2, 0) is 9.53 Å². The molecular formula is C22H23N3O6. The summed E-state index contributed by atoms with van der Waals surface area (Å²) in [5.74, 6) is -1.70. The first-order valence-corrected chi connectivity index (χ1v) is 9.57. The van der Waals surface area contributed by atoms with E-state index in [9.17, 15) is 24.8 Å². The van der Waals surface area contributed by atoms with E-state index in [1.807, 2.05) is 33.8 Å². The summed E-state index contributed by atoms with van der Waals surface area (Å²) in [7, 11) is 0. The van der Waals surface area contributed by atoms with Crippen LogP contribution in [0.5, 0.6) is 5.75 Å². The number of phenols is 1. The van der Waals surface area contributed by atoms with Gasteiger partial charge in [-0.15, -0.1) is 0 Å². The average Bonchev–Trinajstić information content (AvgIpc) is 2.71. The van der Waals surface area contributed by atoms with E-state index < -0.39 is 23.4 Å². The van der Waals surface area contributed by atoms with E-state index in [-0.39, 0.29) is 40.1 Å². The summed E-state index contributed by atoms with van der Waals surface area (Å²) in [5.41, 5.74) is 1.09. The van der Waals surface area contributed by atoms with Gasteiger partial charge in [-0.25, -0.2) is 4.79 Å². The zero-order valence-electron chi connectivity index (χ0n) is 17.6. The second kappa shape index (κ2) is 9.71. The Morgan fingerprint density at radius 3 is 2.42 bits per heavy atom. The number of hydrogen-bond acceptors (Lipinski definition) is 7. The molecule has 0 heterocycles. The number of nitro groups is 1. The molecule has 0 saturated heterocycles. The molecule has 0 bridgehead atoms. The Labute approximate surface area is 179 Å². The lowest BCUT2D eigenvalue weighted by atomic mass is 9.92. The minimum absolute atomic E-state index is 0.0277. The fourth-order valence-corrected chi connectivity index (χ4v) is 2.85. The van der Waals surface area contributed by atoms with Gasteiger partial charge in [0.15, 0.2) is 6.61 Å². The van der Waals surface area contributed by atoms with Crippen LogP contribution < -0.4 is 5.32 Å². The van der Waals surface area contributed by atoms with Crippen molar-refractivity contribution < 1.29 is 24.4 Å². The molecule has 0 aromatic heterocycles. The molecular weight excluding hydrogens is 402 g/mol. The zero-order chi connectivity index (χ0) is 23.3. The fourth-order valence-electron chi connectivity index (χ4n) is 2.85. The predicted octanol–water partition coefficient (Wildman–Crippen LogP) is 4.21. The molecule has 0 fully saturated rings. The van der Waals surface area contributed by atoms with Crippen molar-refractivity contribution in [1.82, 2.24) is 0 Å². The highest BCUT2D eigenvalue weighted by atomic mass is 16.6. The van der Waals surface area contributed by atoms with Crippen molar-refractivity contribution >= 4 is 23.3 Å². The van der Waals surface area contributed by atoms with Crippen LogP contribution in [0.2, 0.25) is 0 Å². The van der Waals surface area contributed by atoms with Gasteiger partial charge in [-0.1, -0.05) is 33.8 Å². The summed E-state index contributed by atoms with van der Waals surface area (Å²) in [6.45, 7) is 7.02. The maximum atomic E-state index is 12.5. The second-order valence-corrected chi connectivity index (χ2v) is 7.54. The van der Waals surface area contributed by atoms with Crippen molar-refractivity contribution in [3.63, 3.8) is 0 Å². The molecule has 0 radical (unpaired) electrons. The third-order valence-electron chi connectivity index (χ3n) is 4.61. The molecule has 9 nitrogen and oxygen atoms in total. The van der Waals surface area contributed by atoms with Crippen LogP contribution in [0.3, 0.4) is 0 Å². The van der Waals surface area contributed by atoms with Crippen molar-refractivity contribution in [2.24, 2.45) is 0 Å². The predicted molar refractivity (Wildman–Crippen MR) is 113 cm³/mol. The van der Waals surface area contributed by atoms with E-state index in [1.54, 1.807) is 6.07 Å². The van der Waals surface area contributed by atoms with E-state index in [2.05, 4.69) is 5.32 Å². The number of phenolic OH excluding ortho intramolecular Hbond substituents is 1. The molecule has 31 heavy (non-hydrogen) atoms. The normalized spacial score (nSPS) is 10.6. The maximum Gasteiger partial charge on any atom is 0.342 e. The molecule has 0 atom stereocenters. The Bertz CT molecular complexity index is 1070. The summed E-state index contributed by atoms with van der Waals surface area (Å²) in [5, 5.41) is 32.8. The highest BCUT2D eigenvalue weighted by Gasteiger charge is 2.21. The number of rotatable bonds is 7. The number of carbonyl (C=O) groups is 2. The summed E-state index contributed by atoms with van der Waals surface area (Å²) in [6.07, 6.45) is 0. The molecule has 0 spiro atoms. The van der Waals surface area contributed by atoms with Crippen LogP contribution in [0.25, 0.3) is 0 Å². The number of nitrogens with zero attached hydrogens (tertiary/aromatic N) is 2. The molecule has 9 heteroatoms. The molecule has 0 aliphatic rings. The van der Waals surface area contributed by atoms with Crippen molar-refractivity contribution in [3.05, 3.63) is 62.7 Å². The van der Waals surface area contributed by atoms with E-state index in [4.69, 9.17) is 10.00 Å². The van der Waals surface area contributed by atoms with Gasteiger partial charge < -0.3 is 15.2 Å². The number of anilines is 1. The standard InChI is InChI=1S/C22H23N3O6/c1-12(2)14-8-17(13(3)4)21(27)18(9-14)22(28)31-11-20(26)24-19-6-5-16(25(29)30)7-15(19)10-23/h5-9,12-13,27H,11H2,1-4H3,(H,24,26). The molecule has 2 aromatic rings. The number of amides is 1. The van der Waals surface area contributed by atoms with Crippen molar-refractivity contribution in [2.45, 2.75) is 39.5 Å². The quantitative estimate of drug-likeness (QED) is 0.384. The third kappa shape index (κ3) is 5.57. The lowest BCUT2D eigenvalue weighted by Gasteiger charge is -2.16. The maximum absolute atomic E-state index is 12.5. The monoisotopic (exact) mass is 425 g/mol. The van der Waals surface area contributed by atoms with Gasteiger partial charge in [-0.3, -0.25) is 14.9 Å². The summed E-state index contributed by atoms with van der Waals surface area (Å²) < 4.78 is 5.05. The molecule has 2 rings (SSSR count). The first kappa shape index (κ1) is 23.3. The van der Waals surface area contributed by atoms with Crippen LogP contribution in [-0.4, -0.2) is 28.5 Å². The smallest absolute Gasteiger partial charge is 0.342 e. The average molecular weight is 425 g/mol. The lowest BCUT2D eigenvalue weighted by molar-refractivity contribution is -0.384. The summed E-state index contributed by atoms with van der Waals surface area (Å²) in [4.78, 5) is 34.9. The van der Waals surface area contributed by atoms with Gasteiger partial charge in [0.05, 0.1) is 16.2 Å². The van der Waals surface area contributed by atoms with Crippen molar-refractivity contribution in [3.8, 4) is 11.8 Å². The van der Waals surface area contributed by atoms with Crippen LogP contribution >= 0.6 is 0 Å². The number of benzene rings is 2. The first-order valence-electron chi connectivity index (χ1n) is 9.57. The minimum atomic E-state index is -0.860. The van der Waals surface area contributed by atoms with Gasteiger partial charge in [-0.05, 0) is 35.1 Å². The number of non-ortho nitro benzene ring substituents is 1. The topological polar surface area (TPSA) is 143 Å². The van der Waals surface area contributed by atoms with Gasteiger partial charge >= 0.3 is 5.97 Å². The molecule has 2 N–H and O–H groups in total.